The lowest BCUT2D eigenvalue weighted by Gasteiger charge is -2.31. The Morgan fingerprint density at radius 1 is 1.18 bits per heavy atom. The van der Waals surface area contributed by atoms with Gasteiger partial charge in [-0.3, -0.25) is 9.59 Å². The smallest absolute Gasteiger partial charge is 0.306 e. The molecule has 6 heteroatoms. The van der Waals surface area contributed by atoms with E-state index in [-0.39, 0.29) is 18.2 Å². The van der Waals surface area contributed by atoms with Gasteiger partial charge in [-0.15, -0.1) is 11.6 Å². The van der Waals surface area contributed by atoms with Crippen molar-refractivity contribution in [3.8, 4) is 0 Å². The van der Waals surface area contributed by atoms with Crippen molar-refractivity contribution >= 4 is 40.0 Å². The average Bonchev–Trinajstić information content (AvgIpc) is 2.94. The number of benzene rings is 1. The van der Waals surface area contributed by atoms with Gasteiger partial charge in [0.05, 0.1) is 43.6 Å². The first-order chi connectivity index (χ1) is 13.5. The topological polar surface area (TPSA) is 65.5 Å². The highest BCUT2D eigenvalue weighted by Crippen LogP contribution is 2.55. The highest BCUT2D eigenvalue weighted by atomic mass is 35.5. The summed E-state index contributed by atoms with van der Waals surface area (Å²) in [5.74, 6) is -0.802. The molecule has 5 nitrogen and oxygen atoms in total. The van der Waals surface area contributed by atoms with Crippen molar-refractivity contribution in [3.63, 3.8) is 0 Å². The number of allylic oxidation sites excluding steroid dienone is 4. The lowest BCUT2D eigenvalue weighted by Crippen LogP contribution is -2.33. The minimum atomic E-state index is -0.911. The zero-order valence-corrected chi connectivity index (χ0v) is 16.5. The number of carbonyl (C=O) groups excluding carboxylic acids is 2. The number of nitrogens with zero attached hydrogens (tertiary/aromatic N) is 1. The number of aromatic nitrogens is 1. The Morgan fingerprint density at radius 3 is 2.54 bits per heavy atom. The second kappa shape index (κ2) is 7.06. The van der Waals surface area contributed by atoms with Crippen molar-refractivity contribution in [3.05, 3.63) is 59.3 Å². The molecule has 2 aromatic rings. The number of para-hydroxylation sites is 1. The van der Waals surface area contributed by atoms with Gasteiger partial charge in [-0.05, 0) is 29.7 Å². The van der Waals surface area contributed by atoms with E-state index in [1.807, 2.05) is 42.5 Å². The van der Waals surface area contributed by atoms with Crippen molar-refractivity contribution in [2.45, 2.75) is 30.1 Å². The van der Waals surface area contributed by atoms with Crippen LogP contribution >= 0.6 is 11.6 Å². The van der Waals surface area contributed by atoms with Gasteiger partial charge in [0.1, 0.15) is 0 Å². The molecule has 1 aromatic carbocycles. The second-order valence-corrected chi connectivity index (χ2v) is 7.68. The first-order valence-corrected chi connectivity index (χ1v) is 9.53. The lowest BCUT2D eigenvalue weighted by molar-refractivity contribution is -0.144. The molecule has 1 heterocycles. The summed E-state index contributed by atoms with van der Waals surface area (Å²) in [6.45, 7) is 0. The number of ether oxygens (including phenoxy) is 2. The zero-order chi connectivity index (χ0) is 19.9. The molecule has 1 aromatic heterocycles. The van der Waals surface area contributed by atoms with E-state index in [0.29, 0.717) is 6.42 Å². The Labute approximate surface area is 168 Å². The Kier molecular flexibility index (Phi) is 4.71. The van der Waals surface area contributed by atoms with Crippen molar-refractivity contribution in [1.82, 2.24) is 4.98 Å². The number of hydrogen-bond donors (Lipinski definition) is 0. The van der Waals surface area contributed by atoms with Gasteiger partial charge in [-0.1, -0.05) is 30.4 Å². The summed E-state index contributed by atoms with van der Waals surface area (Å²) in [5, 5.41) is 0.736. The van der Waals surface area contributed by atoms with E-state index in [4.69, 9.17) is 26.1 Å². The molecule has 0 saturated carbocycles. The monoisotopic (exact) mass is 397 g/mol. The normalized spacial score (nSPS) is 19.3. The summed E-state index contributed by atoms with van der Waals surface area (Å²) in [7, 11) is 2.69. The van der Waals surface area contributed by atoms with Crippen LogP contribution in [0.15, 0.2) is 48.1 Å². The Morgan fingerprint density at radius 2 is 1.86 bits per heavy atom. The van der Waals surface area contributed by atoms with Crippen molar-refractivity contribution in [2.24, 2.45) is 0 Å². The fourth-order valence-corrected chi connectivity index (χ4v) is 4.45. The van der Waals surface area contributed by atoms with Crippen LogP contribution < -0.4 is 0 Å². The van der Waals surface area contributed by atoms with Crippen LogP contribution in [-0.2, 0) is 24.5 Å². The molecule has 0 saturated heterocycles. The third-order valence-electron chi connectivity index (χ3n) is 5.54. The van der Waals surface area contributed by atoms with E-state index in [1.54, 1.807) is 0 Å². The average molecular weight is 398 g/mol. The summed E-state index contributed by atoms with van der Waals surface area (Å²) < 4.78 is 9.94. The molecule has 1 atom stereocenters. The SMILES string of the molecule is COC(=O)CC1(CC(=O)OC)C2=CC(Cl)CC=C2c2nc3ccccc3cc21. The molecule has 2 aliphatic rings. The molecule has 4 rings (SSSR count). The highest BCUT2D eigenvalue weighted by molar-refractivity contribution is 6.22. The van der Waals surface area contributed by atoms with Crippen LogP contribution in [0.4, 0.5) is 0 Å². The first kappa shape index (κ1) is 18.7. The molecule has 0 fully saturated rings. The van der Waals surface area contributed by atoms with E-state index in [1.165, 1.54) is 14.2 Å². The molecule has 0 aliphatic heterocycles. The highest BCUT2D eigenvalue weighted by Gasteiger charge is 2.50. The van der Waals surface area contributed by atoms with Gasteiger partial charge >= 0.3 is 11.9 Å². The van der Waals surface area contributed by atoms with Crippen LogP contribution in [0.25, 0.3) is 16.5 Å². The quantitative estimate of drug-likeness (QED) is 0.577. The van der Waals surface area contributed by atoms with Crippen LogP contribution in [0.1, 0.15) is 30.5 Å². The van der Waals surface area contributed by atoms with Crippen molar-refractivity contribution in [2.75, 3.05) is 14.2 Å². The number of alkyl halides is 1. The van der Waals surface area contributed by atoms with Crippen LogP contribution in [0.2, 0.25) is 0 Å². The third kappa shape index (κ3) is 2.90. The standard InChI is InChI=1S/C22H20ClNO4/c1-27-19(25)11-22(12-20(26)28-2)16-10-14(23)7-8-15(16)21-17(22)9-13-5-3-4-6-18(13)24-21/h3-6,8-10,14H,7,11-12H2,1-2H3. The van der Waals surface area contributed by atoms with E-state index in [2.05, 4.69) is 0 Å². The minimum Gasteiger partial charge on any atom is -0.469 e. The molecule has 28 heavy (non-hydrogen) atoms. The molecular formula is C22H20ClNO4. The van der Waals surface area contributed by atoms with E-state index >= 15 is 0 Å². The number of hydrogen-bond acceptors (Lipinski definition) is 5. The van der Waals surface area contributed by atoms with Gasteiger partial charge in [0.25, 0.3) is 0 Å². The largest absolute Gasteiger partial charge is 0.469 e. The van der Waals surface area contributed by atoms with Crippen LogP contribution in [0, 0.1) is 0 Å². The molecule has 2 aliphatic carbocycles. The molecular weight excluding hydrogens is 378 g/mol. The van der Waals surface area contributed by atoms with Crippen LogP contribution in [-0.4, -0.2) is 36.5 Å². The zero-order valence-electron chi connectivity index (χ0n) is 15.7. The minimum absolute atomic E-state index is 0.0123. The molecule has 0 amide bonds. The number of halogens is 1. The molecule has 0 spiro atoms. The Bertz CT molecular complexity index is 1020. The predicted octanol–water partition coefficient (Wildman–Crippen LogP) is 3.93. The van der Waals surface area contributed by atoms with Crippen LogP contribution in [0.3, 0.4) is 0 Å². The van der Waals surface area contributed by atoms with Crippen molar-refractivity contribution in [1.29, 1.82) is 0 Å². The van der Waals surface area contributed by atoms with Gasteiger partial charge in [-0.2, -0.15) is 0 Å². The van der Waals surface area contributed by atoms with Gasteiger partial charge in [0, 0.05) is 16.4 Å². The van der Waals surface area contributed by atoms with E-state index in [0.717, 1.165) is 33.3 Å². The molecule has 144 valence electrons. The fraction of sp³-hybridized carbons (Fsp3) is 0.318. The van der Waals surface area contributed by atoms with E-state index in [9.17, 15) is 9.59 Å². The van der Waals surface area contributed by atoms with Crippen LogP contribution in [0.5, 0.6) is 0 Å². The maximum Gasteiger partial charge on any atom is 0.306 e. The van der Waals surface area contributed by atoms with Gasteiger partial charge in [0.2, 0.25) is 0 Å². The van der Waals surface area contributed by atoms with Gasteiger partial charge < -0.3 is 9.47 Å². The summed E-state index contributed by atoms with van der Waals surface area (Å²) >= 11 is 6.43. The lowest BCUT2D eigenvalue weighted by atomic mass is 9.71. The number of fused-ring (bicyclic) bond motifs is 4. The molecule has 0 radical (unpaired) electrons. The van der Waals surface area contributed by atoms with Crippen molar-refractivity contribution < 1.29 is 19.1 Å². The van der Waals surface area contributed by atoms with Gasteiger partial charge in [-0.25, -0.2) is 4.98 Å². The fourth-order valence-electron chi connectivity index (χ4n) is 4.23. The maximum atomic E-state index is 12.4. The third-order valence-corrected chi connectivity index (χ3v) is 5.85. The number of methoxy groups -OCH3 is 2. The molecule has 0 N–H and O–H groups in total. The predicted molar refractivity (Wildman–Crippen MR) is 107 cm³/mol. The summed E-state index contributed by atoms with van der Waals surface area (Å²) in [4.78, 5) is 29.7. The Balaban J connectivity index is 2.02. The second-order valence-electron chi connectivity index (χ2n) is 7.12. The summed E-state index contributed by atoms with van der Waals surface area (Å²) in [5.41, 5.74) is 3.37. The Hall–Kier alpha value is -2.66. The maximum absolute atomic E-state index is 12.4. The number of pyridine rings is 1. The molecule has 1 unspecified atom stereocenters. The summed E-state index contributed by atoms with van der Waals surface area (Å²) in [6, 6.07) is 9.82. The molecule has 0 bridgehead atoms. The summed E-state index contributed by atoms with van der Waals surface area (Å²) in [6.07, 6.45) is 4.68. The van der Waals surface area contributed by atoms with E-state index < -0.39 is 17.4 Å². The number of carbonyl (C=O) groups is 2. The number of esters is 2. The number of rotatable bonds is 4. The first-order valence-electron chi connectivity index (χ1n) is 9.09. The van der Waals surface area contributed by atoms with Gasteiger partial charge in [0.15, 0.2) is 0 Å².